The van der Waals surface area contributed by atoms with Gasteiger partial charge in [-0.3, -0.25) is 4.57 Å². The zero-order valence-corrected chi connectivity index (χ0v) is 11.5. The van der Waals surface area contributed by atoms with Gasteiger partial charge in [0.1, 0.15) is 5.75 Å². The summed E-state index contributed by atoms with van der Waals surface area (Å²) in [5.74, 6) is 1.36. The number of rotatable bonds is 4. The lowest BCUT2D eigenvalue weighted by atomic mass is 10.2. The van der Waals surface area contributed by atoms with Crippen molar-refractivity contribution >= 4 is 23.4 Å². The lowest BCUT2D eigenvalue weighted by Gasteiger charge is -2.05. The summed E-state index contributed by atoms with van der Waals surface area (Å²) in [5, 5.41) is 7.58. The Kier molecular flexibility index (Phi) is 3.98. The summed E-state index contributed by atoms with van der Waals surface area (Å²) in [5.41, 5.74) is 0.747. The van der Waals surface area contributed by atoms with Crippen molar-refractivity contribution in [2.45, 2.75) is 10.9 Å². The predicted octanol–water partition coefficient (Wildman–Crippen LogP) is 2.06. The Morgan fingerprint density at radius 3 is 2.89 bits per heavy atom. The molecule has 0 amide bonds. The number of aromatic amines is 1. The highest BCUT2D eigenvalue weighted by atomic mass is 35.5. The van der Waals surface area contributed by atoms with Gasteiger partial charge < -0.3 is 4.74 Å². The molecule has 0 unspecified atom stereocenters. The van der Waals surface area contributed by atoms with Gasteiger partial charge in [-0.25, -0.2) is 9.89 Å². The Labute approximate surface area is 113 Å². The normalized spacial score (nSPS) is 10.6. The molecule has 2 aromatic rings. The van der Waals surface area contributed by atoms with Gasteiger partial charge in [-0.05, 0) is 17.7 Å². The molecule has 0 radical (unpaired) electrons. The second-order valence-electron chi connectivity index (χ2n) is 3.62. The first-order valence-corrected chi connectivity index (χ1v) is 6.55. The summed E-state index contributed by atoms with van der Waals surface area (Å²) in [7, 11) is 3.27. The van der Waals surface area contributed by atoms with Crippen LogP contribution in [-0.2, 0) is 12.8 Å². The van der Waals surface area contributed by atoms with Gasteiger partial charge in [-0.1, -0.05) is 29.4 Å². The first-order valence-electron chi connectivity index (χ1n) is 5.18. The maximum Gasteiger partial charge on any atom is 0.343 e. The Balaban J connectivity index is 2.11. The highest BCUT2D eigenvalue weighted by molar-refractivity contribution is 7.98. The number of aromatic nitrogens is 3. The van der Waals surface area contributed by atoms with Gasteiger partial charge in [0.2, 0.25) is 0 Å². The molecule has 2 rings (SSSR count). The van der Waals surface area contributed by atoms with Crippen molar-refractivity contribution < 1.29 is 4.74 Å². The highest BCUT2D eigenvalue weighted by Crippen LogP contribution is 2.27. The van der Waals surface area contributed by atoms with Crippen molar-refractivity contribution in [1.29, 1.82) is 0 Å². The minimum absolute atomic E-state index is 0.224. The summed E-state index contributed by atoms with van der Waals surface area (Å²) < 4.78 is 6.54. The molecule has 0 aliphatic rings. The fourth-order valence-electron chi connectivity index (χ4n) is 1.38. The Hall–Kier alpha value is -1.40. The minimum atomic E-state index is -0.224. The summed E-state index contributed by atoms with van der Waals surface area (Å²) in [4.78, 5) is 11.2. The summed E-state index contributed by atoms with van der Waals surface area (Å²) >= 11 is 7.57. The lowest BCUT2D eigenvalue weighted by Crippen LogP contribution is -2.12. The molecule has 96 valence electrons. The van der Waals surface area contributed by atoms with Crippen LogP contribution in [0.1, 0.15) is 5.56 Å². The molecule has 0 saturated carbocycles. The first-order chi connectivity index (χ1) is 8.61. The molecule has 0 spiro atoms. The van der Waals surface area contributed by atoms with E-state index in [-0.39, 0.29) is 5.69 Å². The number of nitrogens with one attached hydrogen (secondary N) is 1. The van der Waals surface area contributed by atoms with Gasteiger partial charge in [0.25, 0.3) is 0 Å². The maximum atomic E-state index is 11.2. The number of benzene rings is 1. The van der Waals surface area contributed by atoms with E-state index in [0.29, 0.717) is 15.9 Å². The van der Waals surface area contributed by atoms with Gasteiger partial charge >= 0.3 is 5.69 Å². The van der Waals surface area contributed by atoms with Crippen LogP contribution in [0.2, 0.25) is 5.02 Å². The van der Waals surface area contributed by atoms with E-state index < -0.39 is 0 Å². The number of thioether (sulfide) groups is 1. The number of nitrogens with zero attached hydrogens (tertiary/aromatic N) is 2. The van der Waals surface area contributed by atoms with E-state index in [0.717, 1.165) is 11.3 Å². The molecule has 0 bridgehead atoms. The van der Waals surface area contributed by atoms with Gasteiger partial charge in [-0.15, -0.1) is 5.10 Å². The number of hydrogen-bond donors (Lipinski definition) is 1. The van der Waals surface area contributed by atoms with Gasteiger partial charge in [0, 0.05) is 17.8 Å². The van der Waals surface area contributed by atoms with Gasteiger partial charge in [0.05, 0.1) is 7.11 Å². The lowest BCUT2D eigenvalue weighted by molar-refractivity contribution is 0.414. The summed E-state index contributed by atoms with van der Waals surface area (Å²) in [6.07, 6.45) is 0. The van der Waals surface area contributed by atoms with Crippen molar-refractivity contribution in [3.63, 3.8) is 0 Å². The zero-order valence-electron chi connectivity index (χ0n) is 9.94. The molecule has 0 aliphatic carbocycles. The van der Waals surface area contributed by atoms with E-state index in [1.807, 2.05) is 12.1 Å². The van der Waals surface area contributed by atoms with E-state index in [4.69, 9.17) is 16.3 Å². The third kappa shape index (κ3) is 2.70. The average Bonchev–Trinajstić information content (AvgIpc) is 2.68. The second-order valence-corrected chi connectivity index (χ2v) is 4.97. The van der Waals surface area contributed by atoms with E-state index in [1.54, 1.807) is 20.2 Å². The molecular formula is C11H12ClN3O2S. The summed E-state index contributed by atoms with van der Waals surface area (Å²) in [6, 6.07) is 5.52. The van der Waals surface area contributed by atoms with E-state index in [1.165, 1.54) is 16.3 Å². The maximum absolute atomic E-state index is 11.2. The van der Waals surface area contributed by atoms with E-state index >= 15 is 0 Å². The summed E-state index contributed by atoms with van der Waals surface area (Å²) in [6.45, 7) is 0. The molecule has 0 fully saturated rings. The van der Waals surface area contributed by atoms with Crippen LogP contribution in [0.15, 0.2) is 28.2 Å². The van der Waals surface area contributed by atoms with Crippen molar-refractivity contribution in [2.24, 2.45) is 7.05 Å². The number of halogens is 1. The number of methoxy groups -OCH3 is 1. The van der Waals surface area contributed by atoms with Crippen LogP contribution in [0.5, 0.6) is 5.75 Å². The Morgan fingerprint density at radius 1 is 1.56 bits per heavy atom. The molecular weight excluding hydrogens is 274 g/mol. The van der Waals surface area contributed by atoms with Crippen LogP contribution in [-0.4, -0.2) is 21.9 Å². The SMILES string of the molecule is COc1ccc(CSc2n[nH]c(=O)n2C)c(Cl)c1. The number of hydrogen-bond acceptors (Lipinski definition) is 4. The molecule has 0 saturated heterocycles. The Morgan fingerprint density at radius 2 is 2.33 bits per heavy atom. The monoisotopic (exact) mass is 285 g/mol. The smallest absolute Gasteiger partial charge is 0.343 e. The number of H-pyrrole nitrogens is 1. The fourth-order valence-corrected chi connectivity index (χ4v) is 2.62. The third-order valence-corrected chi connectivity index (χ3v) is 3.89. The average molecular weight is 286 g/mol. The molecule has 0 aliphatic heterocycles. The number of ether oxygens (including phenoxy) is 1. The van der Waals surface area contributed by atoms with Crippen LogP contribution in [0.25, 0.3) is 0 Å². The molecule has 5 nitrogen and oxygen atoms in total. The standard InChI is InChI=1S/C11H12ClN3O2S/c1-15-10(16)13-14-11(15)18-6-7-3-4-8(17-2)5-9(7)12/h3-5H,6H2,1-2H3,(H,13,16). The van der Waals surface area contributed by atoms with E-state index in [2.05, 4.69) is 10.2 Å². The molecule has 18 heavy (non-hydrogen) atoms. The van der Waals surface area contributed by atoms with Gasteiger partial charge in [0.15, 0.2) is 5.16 Å². The quantitative estimate of drug-likeness (QED) is 0.874. The Bertz CT molecular complexity index is 609. The van der Waals surface area contributed by atoms with Crippen molar-refractivity contribution in [3.05, 3.63) is 39.3 Å². The third-order valence-electron chi connectivity index (χ3n) is 2.46. The van der Waals surface area contributed by atoms with Crippen LogP contribution in [0.4, 0.5) is 0 Å². The van der Waals surface area contributed by atoms with Crippen LogP contribution in [0.3, 0.4) is 0 Å². The van der Waals surface area contributed by atoms with Crippen molar-refractivity contribution in [3.8, 4) is 5.75 Å². The van der Waals surface area contributed by atoms with Crippen molar-refractivity contribution in [2.75, 3.05) is 7.11 Å². The van der Waals surface area contributed by atoms with E-state index in [9.17, 15) is 4.79 Å². The molecule has 0 atom stereocenters. The van der Waals surface area contributed by atoms with Crippen LogP contribution in [0, 0.1) is 0 Å². The second kappa shape index (κ2) is 5.49. The zero-order chi connectivity index (χ0) is 13.1. The molecule has 7 heteroatoms. The molecule has 1 aromatic carbocycles. The fraction of sp³-hybridized carbons (Fsp3) is 0.273. The van der Waals surface area contributed by atoms with Crippen molar-refractivity contribution in [1.82, 2.24) is 14.8 Å². The predicted molar refractivity (Wildman–Crippen MR) is 71.4 cm³/mol. The molecule has 1 N–H and O–H groups in total. The van der Waals surface area contributed by atoms with Crippen LogP contribution >= 0.6 is 23.4 Å². The minimum Gasteiger partial charge on any atom is -0.497 e. The molecule has 1 heterocycles. The van der Waals surface area contributed by atoms with Crippen LogP contribution < -0.4 is 10.4 Å². The topological polar surface area (TPSA) is 59.9 Å². The largest absolute Gasteiger partial charge is 0.497 e. The highest BCUT2D eigenvalue weighted by Gasteiger charge is 2.07. The van der Waals surface area contributed by atoms with Gasteiger partial charge in [-0.2, -0.15) is 0 Å². The first kappa shape index (κ1) is 13.0. The molecule has 1 aromatic heterocycles.